The number of aliphatic hydroxyl groups excluding tert-OH is 1. The highest BCUT2D eigenvalue weighted by atomic mass is 19.1. The lowest BCUT2D eigenvalue weighted by Gasteiger charge is -2.32. The van der Waals surface area contributed by atoms with Crippen LogP contribution < -0.4 is 5.32 Å². The molecule has 0 aliphatic carbocycles. The molecule has 0 aromatic carbocycles. The Morgan fingerprint density at radius 2 is 2.36 bits per heavy atom. The second-order valence-electron chi connectivity index (χ2n) is 3.23. The molecule has 1 fully saturated rings. The third kappa shape index (κ3) is 2.14. The van der Waals surface area contributed by atoms with Crippen LogP contribution in [0.15, 0.2) is 0 Å². The van der Waals surface area contributed by atoms with Gasteiger partial charge in [0.15, 0.2) is 0 Å². The van der Waals surface area contributed by atoms with Crippen molar-refractivity contribution in [2.24, 2.45) is 5.92 Å². The fourth-order valence-electron chi connectivity index (χ4n) is 1.70. The summed E-state index contributed by atoms with van der Waals surface area (Å²) in [6.07, 6.45) is 1.21. The van der Waals surface area contributed by atoms with Crippen LogP contribution in [0.2, 0.25) is 0 Å². The molecule has 66 valence electrons. The summed E-state index contributed by atoms with van der Waals surface area (Å²) in [4.78, 5) is 0. The van der Waals surface area contributed by atoms with E-state index in [9.17, 15) is 9.50 Å². The van der Waals surface area contributed by atoms with Gasteiger partial charge >= 0.3 is 0 Å². The van der Waals surface area contributed by atoms with E-state index < -0.39 is 0 Å². The number of hydrogen-bond donors (Lipinski definition) is 2. The predicted octanol–water partition coefficient (Wildman–Crippen LogP) is 0.705. The summed E-state index contributed by atoms with van der Waals surface area (Å²) < 4.78 is 12.3. The van der Waals surface area contributed by atoms with Gasteiger partial charge in [0.25, 0.3) is 0 Å². The molecule has 0 spiro atoms. The van der Waals surface area contributed by atoms with E-state index in [0.29, 0.717) is 13.0 Å². The molecule has 2 N–H and O–H groups in total. The molecular formula is C8H16FNO. The molecule has 0 radical (unpaired) electrons. The molecular weight excluding hydrogens is 145 g/mol. The zero-order chi connectivity index (χ0) is 8.27. The largest absolute Gasteiger partial charge is 0.392 e. The zero-order valence-electron chi connectivity index (χ0n) is 6.89. The minimum Gasteiger partial charge on any atom is -0.392 e. The Kier molecular flexibility index (Phi) is 3.27. The van der Waals surface area contributed by atoms with Crippen LogP contribution in [0.3, 0.4) is 0 Å². The topological polar surface area (TPSA) is 32.3 Å². The predicted molar refractivity (Wildman–Crippen MR) is 42.2 cm³/mol. The van der Waals surface area contributed by atoms with Crippen molar-refractivity contribution in [2.45, 2.75) is 31.9 Å². The van der Waals surface area contributed by atoms with Crippen molar-refractivity contribution >= 4 is 0 Å². The Balaban J connectivity index is 2.41. The Hall–Kier alpha value is -0.150. The van der Waals surface area contributed by atoms with Gasteiger partial charge in [-0.2, -0.15) is 0 Å². The van der Waals surface area contributed by atoms with Gasteiger partial charge in [-0.15, -0.1) is 0 Å². The standard InChI is InChI=1S/C8H16FNO/c1-2-8-6(4-9)3-7(11)5-10-8/h6-8,10-11H,2-5H2,1H3/t6-,7-,8+/m0/s1. The fraction of sp³-hybridized carbons (Fsp3) is 1.00. The van der Waals surface area contributed by atoms with E-state index in [1.165, 1.54) is 0 Å². The number of aliphatic hydroxyl groups is 1. The monoisotopic (exact) mass is 161 g/mol. The van der Waals surface area contributed by atoms with Gasteiger partial charge in [0, 0.05) is 18.5 Å². The van der Waals surface area contributed by atoms with E-state index in [4.69, 9.17) is 0 Å². The van der Waals surface area contributed by atoms with E-state index >= 15 is 0 Å². The minimum absolute atomic E-state index is 0.0174. The first-order valence-corrected chi connectivity index (χ1v) is 4.25. The average molecular weight is 161 g/mol. The van der Waals surface area contributed by atoms with Crippen LogP contribution >= 0.6 is 0 Å². The van der Waals surface area contributed by atoms with E-state index in [-0.39, 0.29) is 24.7 Å². The number of piperidine rings is 1. The normalized spacial score (nSPS) is 39.0. The smallest absolute Gasteiger partial charge is 0.0938 e. The number of β-amino-alcohol motifs (C(OH)–C–C–N with tert-alkyl or cyclic N) is 1. The van der Waals surface area contributed by atoms with Crippen LogP contribution in [-0.4, -0.2) is 30.5 Å². The molecule has 3 atom stereocenters. The quantitative estimate of drug-likeness (QED) is 0.625. The molecule has 0 saturated carbocycles. The molecule has 0 aromatic heterocycles. The molecule has 0 amide bonds. The molecule has 1 aliphatic heterocycles. The fourth-order valence-corrected chi connectivity index (χ4v) is 1.70. The van der Waals surface area contributed by atoms with Crippen LogP contribution in [0.5, 0.6) is 0 Å². The SMILES string of the molecule is CC[C@H]1NC[C@@H](O)C[C@H]1CF. The summed E-state index contributed by atoms with van der Waals surface area (Å²) >= 11 is 0. The van der Waals surface area contributed by atoms with Crippen LogP contribution in [0.1, 0.15) is 19.8 Å². The molecule has 0 aromatic rings. The molecule has 1 saturated heterocycles. The van der Waals surface area contributed by atoms with E-state index in [2.05, 4.69) is 5.32 Å². The summed E-state index contributed by atoms with van der Waals surface area (Å²) in [6, 6.07) is 0.267. The van der Waals surface area contributed by atoms with Gasteiger partial charge < -0.3 is 10.4 Å². The van der Waals surface area contributed by atoms with Crippen LogP contribution in [0.25, 0.3) is 0 Å². The second kappa shape index (κ2) is 4.02. The summed E-state index contributed by atoms with van der Waals surface area (Å²) in [6.45, 7) is 2.34. The Labute approximate surface area is 66.8 Å². The number of nitrogens with one attached hydrogen (secondary N) is 1. The summed E-state index contributed by atoms with van der Waals surface area (Å²) in [5, 5.41) is 12.3. The van der Waals surface area contributed by atoms with E-state index in [1.54, 1.807) is 0 Å². The lowest BCUT2D eigenvalue weighted by Crippen LogP contribution is -2.48. The first kappa shape index (κ1) is 8.94. The zero-order valence-corrected chi connectivity index (χ0v) is 6.89. The Morgan fingerprint density at radius 3 is 2.91 bits per heavy atom. The highest BCUT2D eigenvalue weighted by Gasteiger charge is 2.27. The second-order valence-corrected chi connectivity index (χ2v) is 3.23. The van der Waals surface area contributed by atoms with E-state index in [1.807, 2.05) is 6.92 Å². The van der Waals surface area contributed by atoms with Gasteiger partial charge in [-0.25, -0.2) is 0 Å². The number of hydrogen-bond acceptors (Lipinski definition) is 2. The molecule has 11 heavy (non-hydrogen) atoms. The van der Waals surface area contributed by atoms with Crippen LogP contribution in [0.4, 0.5) is 4.39 Å². The minimum atomic E-state index is -0.349. The van der Waals surface area contributed by atoms with Crippen molar-refractivity contribution < 1.29 is 9.50 Å². The summed E-state index contributed by atoms with van der Waals surface area (Å²) in [5.41, 5.74) is 0. The maximum atomic E-state index is 12.3. The Bertz CT molecular complexity index is 121. The van der Waals surface area contributed by atoms with Gasteiger partial charge in [-0.3, -0.25) is 4.39 Å². The van der Waals surface area contributed by atoms with Crippen molar-refractivity contribution in [1.82, 2.24) is 5.32 Å². The first-order chi connectivity index (χ1) is 5.27. The van der Waals surface area contributed by atoms with E-state index in [0.717, 1.165) is 6.42 Å². The van der Waals surface area contributed by atoms with Crippen LogP contribution in [0, 0.1) is 5.92 Å². The Morgan fingerprint density at radius 1 is 1.64 bits per heavy atom. The maximum absolute atomic E-state index is 12.3. The highest BCUT2D eigenvalue weighted by molar-refractivity contribution is 4.83. The molecule has 3 heteroatoms. The highest BCUT2D eigenvalue weighted by Crippen LogP contribution is 2.19. The van der Waals surface area contributed by atoms with Crippen LogP contribution in [-0.2, 0) is 0 Å². The van der Waals surface area contributed by atoms with Crippen molar-refractivity contribution in [2.75, 3.05) is 13.2 Å². The molecule has 1 aliphatic rings. The maximum Gasteiger partial charge on any atom is 0.0938 e. The average Bonchev–Trinajstić information content (AvgIpc) is 2.04. The lowest BCUT2D eigenvalue weighted by molar-refractivity contribution is 0.0780. The number of alkyl halides is 1. The van der Waals surface area contributed by atoms with Crippen molar-refractivity contribution in [1.29, 1.82) is 0 Å². The molecule has 0 bridgehead atoms. The number of halogens is 1. The van der Waals surface area contributed by atoms with Gasteiger partial charge in [-0.05, 0) is 12.8 Å². The number of rotatable bonds is 2. The van der Waals surface area contributed by atoms with Crippen molar-refractivity contribution in [3.63, 3.8) is 0 Å². The van der Waals surface area contributed by atoms with Gasteiger partial charge in [0.2, 0.25) is 0 Å². The van der Waals surface area contributed by atoms with Gasteiger partial charge in [-0.1, -0.05) is 6.92 Å². The lowest BCUT2D eigenvalue weighted by atomic mass is 9.89. The first-order valence-electron chi connectivity index (χ1n) is 4.25. The van der Waals surface area contributed by atoms with Crippen molar-refractivity contribution in [3.05, 3.63) is 0 Å². The van der Waals surface area contributed by atoms with Crippen molar-refractivity contribution in [3.8, 4) is 0 Å². The summed E-state index contributed by atoms with van der Waals surface area (Å²) in [5.74, 6) is 0.0174. The van der Waals surface area contributed by atoms with Gasteiger partial charge in [0.05, 0.1) is 12.8 Å². The summed E-state index contributed by atoms with van der Waals surface area (Å²) in [7, 11) is 0. The third-order valence-electron chi connectivity index (χ3n) is 2.40. The molecule has 2 nitrogen and oxygen atoms in total. The molecule has 0 unspecified atom stereocenters. The van der Waals surface area contributed by atoms with Gasteiger partial charge in [0.1, 0.15) is 0 Å². The molecule has 1 rings (SSSR count). The molecule has 1 heterocycles. The third-order valence-corrected chi connectivity index (χ3v) is 2.40.